The third-order valence-corrected chi connectivity index (χ3v) is 4.34. The highest BCUT2D eigenvalue weighted by molar-refractivity contribution is 5.88. The van der Waals surface area contributed by atoms with Gasteiger partial charge in [-0.15, -0.1) is 12.4 Å². The molecule has 0 saturated heterocycles. The normalized spacial score (nSPS) is 18.0. The average Bonchev–Trinajstić information content (AvgIpc) is 2.51. The molecular weight excluding hydrogens is 318 g/mol. The summed E-state index contributed by atoms with van der Waals surface area (Å²) in [7, 11) is 1.46. The molecule has 1 rings (SSSR count). The highest BCUT2D eigenvalue weighted by Gasteiger charge is 2.29. The summed E-state index contributed by atoms with van der Waals surface area (Å²) >= 11 is 0. The minimum Gasteiger partial charge on any atom is -0.375 e. The third-order valence-electron chi connectivity index (χ3n) is 4.34. The highest BCUT2D eigenvalue weighted by atomic mass is 35.5. The van der Waals surface area contributed by atoms with Crippen LogP contribution in [0.3, 0.4) is 0 Å². The van der Waals surface area contributed by atoms with Crippen molar-refractivity contribution in [1.29, 1.82) is 0 Å². The van der Waals surface area contributed by atoms with Crippen LogP contribution < -0.4 is 16.4 Å². The molecule has 0 aliphatic heterocycles. The maximum Gasteiger partial charge on any atom is 0.246 e. The summed E-state index contributed by atoms with van der Waals surface area (Å²) in [6.45, 7) is 4.22. The number of nitrogens with one attached hydrogen (secondary N) is 2. The first-order valence-corrected chi connectivity index (χ1v) is 8.28. The number of methoxy groups -OCH3 is 1. The van der Waals surface area contributed by atoms with Crippen molar-refractivity contribution in [2.75, 3.05) is 20.3 Å². The Morgan fingerprint density at radius 2 is 1.78 bits per heavy atom. The summed E-state index contributed by atoms with van der Waals surface area (Å²) in [6, 6.07) is -0.561. The fourth-order valence-corrected chi connectivity index (χ4v) is 3.06. The minimum atomic E-state index is -0.555. The third kappa shape index (κ3) is 7.50. The minimum absolute atomic E-state index is 0. The molecule has 1 fully saturated rings. The predicted molar refractivity (Wildman–Crippen MR) is 93.5 cm³/mol. The Kier molecular flexibility index (Phi) is 11.2. The first-order chi connectivity index (χ1) is 10.5. The molecule has 0 bridgehead atoms. The molecule has 2 atom stereocenters. The quantitative estimate of drug-likeness (QED) is 0.614. The van der Waals surface area contributed by atoms with Crippen molar-refractivity contribution in [3.8, 4) is 0 Å². The second-order valence-electron chi connectivity index (χ2n) is 6.47. The number of ether oxygens (including phenoxy) is 1. The summed E-state index contributed by atoms with van der Waals surface area (Å²) in [6.07, 6.45) is 5.91. The van der Waals surface area contributed by atoms with Crippen LogP contribution in [0.25, 0.3) is 0 Å². The molecule has 0 heterocycles. The first-order valence-electron chi connectivity index (χ1n) is 8.28. The second kappa shape index (κ2) is 11.6. The molecule has 4 N–H and O–H groups in total. The molecule has 1 aliphatic rings. The van der Waals surface area contributed by atoms with Crippen molar-refractivity contribution in [3.63, 3.8) is 0 Å². The van der Waals surface area contributed by atoms with Crippen molar-refractivity contribution in [1.82, 2.24) is 10.6 Å². The molecule has 0 aromatic carbocycles. The number of amides is 2. The fourth-order valence-electron chi connectivity index (χ4n) is 3.06. The molecule has 1 aliphatic carbocycles. The van der Waals surface area contributed by atoms with Crippen molar-refractivity contribution in [2.45, 2.75) is 58.0 Å². The van der Waals surface area contributed by atoms with E-state index in [1.165, 1.54) is 26.4 Å². The first kappa shape index (κ1) is 22.1. The molecule has 6 nitrogen and oxygen atoms in total. The zero-order valence-corrected chi connectivity index (χ0v) is 15.3. The molecule has 23 heavy (non-hydrogen) atoms. The van der Waals surface area contributed by atoms with Crippen molar-refractivity contribution < 1.29 is 14.3 Å². The van der Waals surface area contributed by atoms with E-state index < -0.39 is 6.04 Å². The van der Waals surface area contributed by atoms with Crippen LogP contribution in [0.1, 0.15) is 46.0 Å². The standard InChI is InChI=1S/C16H31N3O3.ClH/c1-11(2)15(19-14(20)10-22-3)16(21)18-13(9-17)12-7-5-4-6-8-12;/h11-13,15H,4-10,17H2,1-3H3,(H,18,21)(H,19,20);1H/t13?,15-;/m0./s1. The smallest absolute Gasteiger partial charge is 0.246 e. The van der Waals surface area contributed by atoms with Crippen LogP contribution in [-0.2, 0) is 14.3 Å². The van der Waals surface area contributed by atoms with Crippen LogP contribution in [0.15, 0.2) is 0 Å². The van der Waals surface area contributed by atoms with Crippen molar-refractivity contribution in [2.24, 2.45) is 17.6 Å². The van der Waals surface area contributed by atoms with Gasteiger partial charge < -0.3 is 21.1 Å². The van der Waals surface area contributed by atoms with Gasteiger partial charge in [-0.1, -0.05) is 33.1 Å². The van der Waals surface area contributed by atoms with Crippen LogP contribution in [-0.4, -0.2) is 44.2 Å². The van der Waals surface area contributed by atoms with Crippen LogP contribution in [0.5, 0.6) is 0 Å². The molecule has 7 heteroatoms. The molecular formula is C16H32ClN3O3. The number of rotatable bonds is 8. The molecule has 0 spiro atoms. The number of carbonyl (C=O) groups is 2. The van der Waals surface area contributed by atoms with Crippen molar-refractivity contribution in [3.05, 3.63) is 0 Å². The van der Waals surface area contributed by atoms with Gasteiger partial charge in [0.2, 0.25) is 11.8 Å². The van der Waals surface area contributed by atoms with Gasteiger partial charge >= 0.3 is 0 Å². The van der Waals surface area contributed by atoms with E-state index >= 15 is 0 Å². The topological polar surface area (TPSA) is 93.4 Å². The van der Waals surface area contributed by atoms with Gasteiger partial charge in [-0.3, -0.25) is 9.59 Å². The van der Waals surface area contributed by atoms with E-state index in [1.807, 2.05) is 13.8 Å². The van der Waals surface area contributed by atoms with E-state index in [2.05, 4.69) is 10.6 Å². The maximum atomic E-state index is 12.5. The largest absolute Gasteiger partial charge is 0.375 e. The van der Waals surface area contributed by atoms with Gasteiger partial charge in [-0.05, 0) is 24.7 Å². The van der Waals surface area contributed by atoms with Gasteiger partial charge in [0.05, 0.1) is 0 Å². The Morgan fingerprint density at radius 3 is 2.26 bits per heavy atom. The number of halogens is 1. The lowest BCUT2D eigenvalue weighted by atomic mass is 9.83. The van der Waals surface area contributed by atoms with Gasteiger partial charge in [0.1, 0.15) is 12.6 Å². The summed E-state index contributed by atoms with van der Waals surface area (Å²) in [5.74, 6) is 0.0227. The number of hydrogen-bond donors (Lipinski definition) is 3. The lowest BCUT2D eigenvalue weighted by Crippen LogP contribution is -2.55. The van der Waals surface area contributed by atoms with E-state index in [0.29, 0.717) is 12.5 Å². The lowest BCUT2D eigenvalue weighted by molar-refractivity contribution is -0.132. The Hall–Kier alpha value is -0.850. The number of hydrogen-bond acceptors (Lipinski definition) is 4. The van der Waals surface area contributed by atoms with E-state index in [4.69, 9.17) is 10.5 Å². The maximum absolute atomic E-state index is 12.5. The van der Waals surface area contributed by atoms with E-state index in [1.54, 1.807) is 0 Å². The highest BCUT2D eigenvalue weighted by Crippen LogP contribution is 2.26. The van der Waals surface area contributed by atoms with Crippen LogP contribution in [0.2, 0.25) is 0 Å². The molecule has 136 valence electrons. The monoisotopic (exact) mass is 349 g/mol. The predicted octanol–water partition coefficient (Wildman–Crippen LogP) is 1.22. The van der Waals surface area contributed by atoms with Gasteiger partial charge in [0, 0.05) is 19.7 Å². The molecule has 2 amide bonds. The zero-order chi connectivity index (χ0) is 16.5. The van der Waals surface area contributed by atoms with E-state index in [-0.39, 0.29) is 42.8 Å². The van der Waals surface area contributed by atoms with Crippen LogP contribution >= 0.6 is 12.4 Å². The van der Waals surface area contributed by atoms with Gasteiger partial charge in [0.25, 0.3) is 0 Å². The van der Waals surface area contributed by atoms with Gasteiger partial charge in [0.15, 0.2) is 0 Å². The summed E-state index contributed by atoms with van der Waals surface area (Å²) in [4.78, 5) is 24.2. The Balaban J connectivity index is 0.00000484. The molecule has 1 unspecified atom stereocenters. The Bertz CT molecular complexity index is 360. The SMILES string of the molecule is COCC(=O)N[C@H](C(=O)NC(CN)C1CCCCC1)C(C)C.Cl. The van der Waals surface area contributed by atoms with Crippen LogP contribution in [0, 0.1) is 11.8 Å². The summed E-state index contributed by atoms with van der Waals surface area (Å²) in [5, 5.41) is 5.78. The average molecular weight is 350 g/mol. The van der Waals surface area contributed by atoms with Gasteiger partial charge in [-0.2, -0.15) is 0 Å². The molecule has 0 aromatic rings. The summed E-state index contributed by atoms with van der Waals surface area (Å²) in [5.41, 5.74) is 5.86. The molecule has 1 saturated carbocycles. The Labute approximate surface area is 145 Å². The van der Waals surface area contributed by atoms with Gasteiger partial charge in [-0.25, -0.2) is 0 Å². The Morgan fingerprint density at radius 1 is 1.17 bits per heavy atom. The van der Waals surface area contributed by atoms with E-state index in [9.17, 15) is 9.59 Å². The van der Waals surface area contributed by atoms with E-state index in [0.717, 1.165) is 12.8 Å². The summed E-state index contributed by atoms with van der Waals surface area (Å²) < 4.78 is 4.80. The second-order valence-corrected chi connectivity index (χ2v) is 6.47. The molecule has 0 radical (unpaired) electrons. The number of carbonyl (C=O) groups excluding carboxylic acids is 2. The molecule has 0 aromatic heterocycles. The zero-order valence-electron chi connectivity index (χ0n) is 14.5. The number of nitrogens with two attached hydrogens (primary N) is 1. The van der Waals surface area contributed by atoms with Crippen LogP contribution in [0.4, 0.5) is 0 Å². The fraction of sp³-hybridized carbons (Fsp3) is 0.875. The van der Waals surface area contributed by atoms with Crippen molar-refractivity contribution >= 4 is 24.2 Å². The lowest BCUT2D eigenvalue weighted by Gasteiger charge is -2.32.